The Morgan fingerprint density at radius 2 is 2.02 bits per heavy atom. The molecule has 7 rings (SSSR count). The van der Waals surface area contributed by atoms with Gasteiger partial charge in [-0.15, -0.1) is 11.3 Å². The number of carbonyl (C=O) groups is 1. The van der Waals surface area contributed by atoms with Crippen LogP contribution < -0.4 is 5.32 Å². The van der Waals surface area contributed by atoms with Crippen molar-refractivity contribution >= 4 is 49.9 Å². The third kappa shape index (κ3) is 5.50. The number of nitrogens with one attached hydrogen (secondary N) is 1. The Kier molecular flexibility index (Phi) is 7.37. The molecule has 0 saturated carbocycles. The summed E-state index contributed by atoms with van der Waals surface area (Å²) in [6, 6.07) is 12.6. The second-order valence-electron chi connectivity index (χ2n) is 10.6. The number of hydrogen-bond acceptors (Lipinski definition) is 8. The number of rotatable bonds is 7. The molecule has 0 aliphatic carbocycles. The summed E-state index contributed by atoms with van der Waals surface area (Å²) in [5.74, 6) is 0.550. The van der Waals surface area contributed by atoms with Crippen LogP contribution in [0.2, 0.25) is 0 Å². The number of benzene rings is 2. The van der Waals surface area contributed by atoms with Crippen molar-refractivity contribution in [1.29, 1.82) is 0 Å². The van der Waals surface area contributed by atoms with Gasteiger partial charge in [0.25, 0.3) is 0 Å². The topological polar surface area (TPSA) is 88.4 Å². The van der Waals surface area contributed by atoms with E-state index in [1.54, 1.807) is 29.8 Å². The van der Waals surface area contributed by atoms with Gasteiger partial charge in [-0.3, -0.25) is 14.4 Å². The van der Waals surface area contributed by atoms with E-state index >= 15 is 0 Å². The zero-order valence-corrected chi connectivity index (χ0v) is 23.8. The molecule has 0 unspecified atom stereocenters. The Morgan fingerprint density at radius 1 is 1.12 bits per heavy atom. The van der Waals surface area contributed by atoms with Gasteiger partial charge in [0.1, 0.15) is 22.8 Å². The summed E-state index contributed by atoms with van der Waals surface area (Å²) in [4.78, 5) is 28.3. The SMILES string of the molecule is O=C(/C=C/CN1CCOCC1)N1CCc2c(sc3ncnc(Nc4ccc5c(cnn5Cc5cccc(F)c5)c4)c23)C1. The number of morpholine rings is 1. The maximum atomic E-state index is 13.6. The van der Waals surface area contributed by atoms with Gasteiger partial charge >= 0.3 is 0 Å². The normalized spacial score (nSPS) is 16.0. The van der Waals surface area contributed by atoms with E-state index in [1.807, 2.05) is 46.1 Å². The van der Waals surface area contributed by atoms with Gasteiger partial charge in [-0.2, -0.15) is 5.10 Å². The fourth-order valence-electron chi connectivity index (χ4n) is 5.64. The first-order valence-electron chi connectivity index (χ1n) is 14.1. The maximum Gasteiger partial charge on any atom is 0.246 e. The number of nitrogens with zero attached hydrogens (tertiary/aromatic N) is 6. The fraction of sp³-hybridized carbons (Fsp3) is 0.290. The molecule has 1 amide bonds. The molecule has 2 aromatic carbocycles. The van der Waals surface area contributed by atoms with Gasteiger partial charge in [-0.05, 0) is 47.9 Å². The molecule has 0 atom stereocenters. The van der Waals surface area contributed by atoms with E-state index in [9.17, 15) is 9.18 Å². The lowest BCUT2D eigenvalue weighted by atomic mass is 10.0. The average molecular weight is 584 g/mol. The summed E-state index contributed by atoms with van der Waals surface area (Å²) in [6.45, 7) is 5.79. The zero-order chi connectivity index (χ0) is 28.5. The van der Waals surface area contributed by atoms with E-state index < -0.39 is 0 Å². The molecule has 2 aliphatic rings. The number of anilines is 2. The highest BCUT2D eigenvalue weighted by Gasteiger charge is 2.25. The van der Waals surface area contributed by atoms with Crippen molar-refractivity contribution in [3.05, 3.63) is 89.0 Å². The van der Waals surface area contributed by atoms with Gasteiger partial charge < -0.3 is 15.0 Å². The van der Waals surface area contributed by atoms with Crippen LogP contribution in [-0.4, -0.2) is 74.8 Å². The van der Waals surface area contributed by atoms with Crippen molar-refractivity contribution in [3.63, 3.8) is 0 Å². The van der Waals surface area contributed by atoms with Crippen molar-refractivity contribution < 1.29 is 13.9 Å². The molecule has 9 nitrogen and oxygen atoms in total. The molecular weight excluding hydrogens is 553 g/mol. The third-order valence-corrected chi connectivity index (χ3v) is 8.93. The summed E-state index contributed by atoms with van der Waals surface area (Å²) in [6.07, 6.45) is 7.83. The molecule has 2 aliphatic heterocycles. The molecule has 3 aromatic heterocycles. The monoisotopic (exact) mass is 583 g/mol. The molecule has 1 fully saturated rings. The summed E-state index contributed by atoms with van der Waals surface area (Å²) < 4.78 is 20.9. The quantitative estimate of drug-likeness (QED) is 0.277. The standard InChI is InChI=1S/C31H30FN7O2S/c32-23-4-1-3-21(15-23)18-39-26-7-6-24(16-22(26)17-35-39)36-30-29-25-8-10-38(19-27(25)42-31(29)34-20-33-30)28(40)5-2-9-37-11-13-41-14-12-37/h1-7,15-17,20H,8-14,18-19H2,(H,33,34,36)/b5-2+. The highest BCUT2D eigenvalue weighted by Crippen LogP contribution is 2.38. The Morgan fingerprint density at radius 3 is 2.90 bits per heavy atom. The molecule has 42 heavy (non-hydrogen) atoms. The molecule has 1 saturated heterocycles. The van der Waals surface area contributed by atoms with E-state index in [0.29, 0.717) is 19.6 Å². The Bertz CT molecular complexity index is 1790. The summed E-state index contributed by atoms with van der Waals surface area (Å²) >= 11 is 1.63. The second-order valence-corrected chi connectivity index (χ2v) is 11.6. The van der Waals surface area contributed by atoms with E-state index in [4.69, 9.17) is 4.74 Å². The minimum absolute atomic E-state index is 0.0436. The number of fused-ring (bicyclic) bond motifs is 4. The van der Waals surface area contributed by atoms with Gasteiger partial charge in [-0.1, -0.05) is 18.2 Å². The molecule has 5 heterocycles. The van der Waals surface area contributed by atoms with E-state index in [0.717, 1.165) is 82.3 Å². The Balaban J connectivity index is 1.07. The highest BCUT2D eigenvalue weighted by molar-refractivity contribution is 7.19. The van der Waals surface area contributed by atoms with Gasteiger partial charge in [0.05, 0.1) is 43.4 Å². The van der Waals surface area contributed by atoms with Crippen LogP contribution in [0.1, 0.15) is 16.0 Å². The molecule has 0 radical (unpaired) electrons. The van der Waals surface area contributed by atoms with E-state index in [-0.39, 0.29) is 11.7 Å². The van der Waals surface area contributed by atoms with Gasteiger partial charge in [-0.25, -0.2) is 14.4 Å². The van der Waals surface area contributed by atoms with E-state index in [1.165, 1.54) is 17.7 Å². The Hall–Kier alpha value is -4.19. The van der Waals surface area contributed by atoms with Gasteiger partial charge in [0.2, 0.25) is 5.91 Å². The number of aromatic nitrogens is 4. The number of thiophene rings is 1. The van der Waals surface area contributed by atoms with E-state index in [2.05, 4.69) is 25.3 Å². The molecule has 0 spiro atoms. The molecule has 1 N–H and O–H groups in total. The Labute approximate surface area is 246 Å². The predicted octanol–water partition coefficient (Wildman–Crippen LogP) is 4.75. The molecule has 0 bridgehead atoms. The van der Waals surface area contributed by atoms with Gasteiger partial charge in [0.15, 0.2) is 0 Å². The second kappa shape index (κ2) is 11.6. The van der Waals surface area contributed by atoms with Crippen LogP contribution >= 0.6 is 11.3 Å². The number of halogens is 1. The number of ether oxygens (including phenoxy) is 1. The first-order valence-corrected chi connectivity index (χ1v) is 14.9. The van der Waals surface area contributed by atoms with Crippen LogP contribution in [0.25, 0.3) is 21.1 Å². The summed E-state index contributed by atoms with van der Waals surface area (Å²) in [5.41, 5.74) is 3.93. The molecule has 11 heteroatoms. The smallest absolute Gasteiger partial charge is 0.246 e. The minimum atomic E-state index is -0.252. The lowest BCUT2D eigenvalue weighted by Crippen LogP contribution is -2.37. The highest BCUT2D eigenvalue weighted by atomic mass is 32.1. The fourth-order valence-corrected chi connectivity index (χ4v) is 6.84. The zero-order valence-electron chi connectivity index (χ0n) is 23.0. The largest absolute Gasteiger partial charge is 0.379 e. The van der Waals surface area contributed by atoms with Crippen LogP contribution in [0.3, 0.4) is 0 Å². The first kappa shape index (κ1) is 26.7. The van der Waals surface area contributed by atoms with Crippen molar-refractivity contribution in [2.45, 2.75) is 19.5 Å². The van der Waals surface area contributed by atoms with Crippen LogP contribution in [0.15, 0.2) is 67.1 Å². The van der Waals surface area contributed by atoms with Crippen LogP contribution in [0.4, 0.5) is 15.9 Å². The third-order valence-electron chi connectivity index (χ3n) is 7.80. The summed E-state index contributed by atoms with van der Waals surface area (Å²) in [5, 5.41) is 10.0. The number of hydrogen-bond donors (Lipinski definition) is 1. The minimum Gasteiger partial charge on any atom is -0.379 e. The summed E-state index contributed by atoms with van der Waals surface area (Å²) in [7, 11) is 0. The number of carbonyl (C=O) groups excluding carboxylic acids is 1. The van der Waals surface area contributed by atoms with Gasteiger partial charge in [0, 0.05) is 48.2 Å². The molecule has 5 aromatic rings. The number of amides is 1. The lowest BCUT2D eigenvalue weighted by Gasteiger charge is -2.27. The maximum absolute atomic E-state index is 13.6. The molecular formula is C31H30FN7O2S. The van der Waals surface area contributed by atoms with Crippen LogP contribution in [0, 0.1) is 5.82 Å². The van der Waals surface area contributed by atoms with Crippen molar-refractivity contribution in [2.24, 2.45) is 0 Å². The van der Waals surface area contributed by atoms with Crippen molar-refractivity contribution in [2.75, 3.05) is 44.7 Å². The predicted molar refractivity (Wildman–Crippen MR) is 161 cm³/mol. The van der Waals surface area contributed by atoms with Crippen molar-refractivity contribution in [3.8, 4) is 0 Å². The van der Waals surface area contributed by atoms with Crippen molar-refractivity contribution in [1.82, 2.24) is 29.5 Å². The first-order chi connectivity index (χ1) is 20.6. The molecule has 214 valence electrons. The average Bonchev–Trinajstić information content (AvgIpc) is 3.58. The van der Waals surface area contributed by atoms with Crippen LogP contribution in [-0.2, 0) is 29.0 Å². The van der Waals surface area contributed by atoms with Crippen LogP contribution in [0.5, 0.6) is 0 Å². The lowest BCUT2D eigenvalue weighted by molar-refractivity contribution is -0.126.